The summed E-state index contributed by atoms with van der Waals surface area (Å²) in [6.07, 6.45) is 0.982. The number of thiol groups is 1. The fourth-order valence-electron chi connectivity index (χ4n) is 2.10. The van der Waals surface area contributed by atoms with E-state index in [1.807, 2.05) is 12.1 Å². The smallest absolute Gasteiger partial charge is 0.306 e. The molecule has 0 aliphatic heterocycles. The minimum atomic E-state index is -0.159. The van der Waals surface area contributed by atoms with E-state index < -0.39 is 0 Å². The van der Waals surface area contributed by atoms with E-state index in [2.05, 4.69) is 47.7 Å². The number of hydrogen-bond acceptors (Lipinski definition) is 3. The second kappa shape index (κ2) is 4.98. The molecule has 1 unspecified atom stereocenters. The van der Waals surface area contributed by atoms with Gasteiger partial charge in [-0.25, -0.2) is 4.79 Å². The van der Waals surface area contributed by atoms with Gasteiger partial charge < -0.3 is 14.9 Å². The average molecular weight is 251 g/mol. The molecule has 1 aromatic carbocycles. The van der Waals surface area contributed by atoms with Crippen LogP contribution >= 0.6 is 12.6 Å². The number of imidazole rings is 1. The van der Waals surface area contributed by atoms with Crippen molar-refractivity contribution in [3.8, 4) is 0 Å². The molecule has 0 aliphatic carbocycles. The largest absolute Gasteiger partial charge is 0.323 e. The first-order valence-corrected chi connectivity index (χ1v) is 6.24. The van der Waals surface area contributed by atoms with E-state index in [0.717, 1.165) is 23.2 Å². The zero-order valence-electron chi connectivity index (χ0n) is 10.0. The van der Waals surface area contributed by atoms with E-state index in [9.17, 15) is 4.79 Å². The maximum atomic E-state index is 11.2. The molecule has 0 radical (unpaired) electrons. The van der Waals surface area contributed by atoms with Crippen molar-refractivity contribution in [1.29, 1.82) is 0 Å². The third-order valence-corrected chi connectivity index (χ3v) is 3.21. The molecule has 2 aromatic rings. The van der Waals surface area contributed by atoms with Crippen molar-refractivity contribution in [2.24, 2.45) is 0 Å². The summed E-state index contributed by atoms with van der Waals surface area (Å²) in [6.45, 7) is 0. The highest BCUT2D eigenvalue weighted by Crippen LogP contribution is 2.24. The molecule has 5 heteroatoms. The molecule has 1 aromatic heterocycles. The van der Waals surface area contributed by atoms with E-state index in [1.54, 1.807) is 0 Å². The van der Waals surface area contributed by atoms with Gasteiger partial charge in [0.15, 0.2) is 0 Å². The Morgan fingerprint density at radius 1 is 1.29 bits per heavy atom. The summed E-state index contributed by atoms with van der Waals surface area (Å²) in [5.74, 6) is 0.838. The van der Waals surface area contributed by atoms with Crippen molar-refractivity contribution in [1.82, 2.24) is 14.9 Å². The predicted molar refractivity (Wildman–Crippen MR) is 73.8 cm³/mol. The molecular formula is C12H17N3OS. The summed E-state index contributed by atoms with van der Waals surface area (Å²) in [5.41, 5.74) is 2.75. The van der Waals surface area contributed by atoms with Crippen molar-refractivity contribution in [3.63, 3.8) is 0 Å². The van der Waals surface area contributed by atoms with Crippen molar-refractivity contribution in [2.75, 3.05) is 19.8 Å². The highest BCUT2D eigenvalue weighted by atomic mass is 32.1. The van der Waals surface area contributed by atoms with E-state index in [1.165, 1.54) is 5.56 Å². The van der Waals surface area contributed by atoms with Gasteiger partial charge in [0.2, 0.25) is 0 Å². The van der Waals surface area contributed by atoms with E-state index in [0.29, 0.717) is 6.04 Å². The minimum Gasteiger partial charge on any atom is -0.306 e. The number of fused-ring (bicyclic) bond motifs is 1. The molecule has 0 aliphatic rings. The molecule has 0 fully saturated rings. The normalized spacial score (nSPS) is 13.4. The summed E-state index contributed by atoms with van der Waals surface area (Å²) in [4.78, 5) is 18.9. The highest BCUT2D eigenvalue weighted by molar-refractivity contribution is 7.80. The summed E-state index contributed by atoms with van der Waals surface area (Å²) in [7, 11) is 4.11. The fourth-order valence-corrected chi connectivity index (χ4v) is 2.35. The van der Waals surface area contributed by atoms with E-state index in [4.69, 9.17) is 0 Å². The number of aromatic nitrogens is 2. The SMILES string of the molecule is CN(C)C(CCS)c1ccc2[nH]c(=O)[nH]c2c1. The van der Waals surface area contributed by atoms with Gasteiger partial charge in [-0.3, -0.25) is 0 Å². The van der Waals surface area contributed by atoms with Gasteiger partial charge in [0.1, 0.15) is 0 Å². The monoisotopic (exact) mass is 251 g/mol. The van der Waals surface area contributed by atoms with Gasteiger partial charge in [0.25, 0.3) is 0 Å². The second-order valence-electron chi connectivity index (χ2n) is 4.38. The second-order valence-corrected chi connectivity index (χ2v) is 4.82. The Bertz CT molecular complexity index is 558. The molecule has 17 heavy (non-hydrogen) atoms. The van der Waals surface area contributed by atoms with Crippen LogP contribution < -0.4 is 5.69 Å². The lowest BCUT2D eigenvalue weighted by Gasteiger charge is -2.24. The molecule has 0 saturated carbocycles. The number of benzene rings is 1. The molecule has 92 valence electrons. The van der Waals surface area contributed by atoms with Gasteiger partial charge in [-0.05, 0) is 44.0 Å². The van der Waals surface area contributed by atoms with Gasteiger partial charge in [0.05, 0.1) is 11.0 Å². The van der Waals surface area contributed by atoms with E-state index in [-0.39, 0.29) is 5.69 Å². The van der Waals surface area contributed by atoms with Crippen LogP contribution in [0.1, 0.15) is 18.0 Å². The lowest BCUT2D eigenvalue weighted by Crippen LogP contribution is -2.20. The highest BCUT2D eigenvalue weighted by Gasteiger charge is 2.13. The van der Waals surface area contributed by atoms with Crippen LogP contribution in [0.4, 0.5) is 0 Å². The molecule has 1 atom stereocenters. The average Bonchev–Trinajstić information content (AvgIpc) is 2.64. The van der Waals surface area contributed by atoms with Gasteiger partial charge in [-0.1, -0.05) is 6.07 Å². The first kappa shape index (κ1) is 12.3. The number of nitrogens with zero attached hydrogens (tertiary/aromatic N) is 1. The molecule has 2 N–H and O–H groups in total. The van der Waals surface area contributed by atoms with Crippen molar-refractivity contribution in [2.45, 2.75) is 12.5 Å². The van der Waals surface area contributed by atoms with E-state index >= 15 is 0 Å². The zero-order valence-corrected chi connectivity index (χ0v) is 10.9. The summed E-state index contributed by atoms with van der Waals surface area (Å²) in [6, 6.07) is 6.36. The van der Waals surface area contributed by atoms with Crippen LogP contribution in [0.15, 0.2) is 23.0 Å². The lowest BCUT2D eigenvalue weighted by atomic mass is 10.0. The molecule has 1 heterocycles. The number of hydrogen-bond donors (Lipinski definition) is 3. The zero-order chi connectivity index (χ0) is 12.4. The fraction of sp³-hybridized carbons (Fsp3) is 0.417. The van der Waals surface area contributed by atoms with Gasteiger partial charge in [-0.15, -0.1) is 0 Å². The Balaban J connectivity index is 2.42. The maximum Gasteiger partial charge on any atom is 0.323 e. The Labute approximate surface area is 105 Å². The molecule has 0 spiro atoms. The number of rotatable bonds is 4. The number of nitrogens with one attached hydrogen (secondary N) is 2. The third-order valence-electron chi connectivity index (χ3n) is 2.95. The van der Waals surface area contributed by atoms with Crippen LogP contribution in [-0.4, -0.2) is 34.7 Å². The molecule has 2 rings (SSSR count). The quantitative estimate of drug-likeness (QED) is 0.726. The Hall–Kier alpha value is -1.20. The van der Waals surface area contributed by atoms with Crippen molar-refractivity contribution >= 4 is 23.7 Å². The Morgan fingerprint density at radius 2 is 2.00 bits per heavy atom. The molecule has 0 amide bonds. The van der Waals surface area contributed by atoms with Crippen LogP contribution in [0, 0.1) is 0 Å². The van der Waals surface area contributed by atoms with Crippen LogP contribution in [0.3, 0.4) is 0 Å². The van der Waals surface area contributed by atoms with Crippen LogP contribution in [0.25, 0.3) is 11.0 Å². The van der Waals surface area contributed by atoms with Gasteiger partial charge in [-0.2, -0.15) is 12.6 Å². The van der Waals surface area contributed by atoms with Gasteiger partial charge >= 0.3 is 5.69 Å². The number of H-pyrrole nitrogens is 2. The topological polar surface area (TPSA) is 51.9 Å². The molecule has 0 saturated heterocycles. The van der Waals surface area contributed by atoms with Crippen LogP contribution in [0.5, 0.6) is 0 Å². The standard InChI is InChI=1S/C12H17N3OS/c1-15(2)11(5-6-17)8-3-4-9-10(7-8)14-12(16)13-9/h3-4,7,11,17H,5-6H2,1-2H3,(H2,13,14,16). The summed E-state index contributed by atoms with van der Waals surface area (Å²) >= 11 is 4.29. The van der Waals surface area contributed by atoms with Crippen LogP contribution in [-0.2, 0) is 0 Å². The molecule has 0 bridgehead atoms. The predicted octanol–water partition coefficient (Wildman–Crippen LogP) is 1.78. The molecular weight excluding hydrogens is 234 g/mol. The number of aromatic amines is 2. The third kappa shape index (κ3) is 2.56. The first-order chi connectivity index (χ1) is 8.11. The van der Waals surface area contributed by atoms with Crippen LogP contribution in [0.2, 0.25) is 0 Å². The summed E-state index contributed by atoms with van der Waals surface area (Å²) < 4.78 is 0. The van der Waals surface area contributed by atoms with Gasteiger partial charge in [0, 0.05) is 6.04 Å². The van der Waals surface area contributed by atoms with Crippen molar-refractivity contribution < 1.29 is 0 Å². The lowest BCUT2D eigenvalue weighted by molar-refractivity contribution is 0.294. The Morgan fingerprint density at radius 3 is 2.65 bits per heavy atom. The molecule has 4 nitrogen and oxygen atoms in total. The summed E-state index contributed by atoms with van der Waals surface area (Å²) in [5, 5.41) is 0. The van der Waals surface area contributed by atoms with Crippen molar-refractivity contribution in [3.05, 3.63) is 34.2 Å². The maximum absolute atomic E-state index is 11.2. The minimum absolute atomic E-state index is 0.159. The first-order valence-electron chi connectivity index (χ1n) is 5.61. The Kier molecular flexibility index (Phi) is 3.59.